The van der Waals surface area contributed by atoms with Gasteiger partial charge in [0.1, 0.15) is 6.04 Å². The molecule has 0 aromatic rings. The highest BCUT2D eigenvalue weighted by molar-refractivity contribution is 5.90. The summed E-state index contributed by atoms with van der Waals surface area (Å²) >= 11 is 0. The monoisotopic (exact) mass is 247 g/mol. The molecule has 2 amide bonds. The zero-order valence-electron chi connectivity index (χ0n) is 9.12. The van der Waals surface area contributed by atoms with Crippen LogP contribution in [0.1, 0.15) is 25.7 Å². The minimum atomic E-state index is -0.325. The SMILES string of the molecule is Cl.O=C(NC1CCCNC1=O)C1CCCN1. The second kappa shape index (κ2) is 6.06. The highest BCUT2D eigenvalue weighted by Gasteiger charge is 2.28. The molecule has 2 aliphatic heterocycles. The summed E-state index contributed by atoms with van der Waals surface area (Å²) in [6.45, 7) is 1.63. The van der Waals surface area contributed by atoms with E-state index in [1.165, 1.54) is 0 Å². The Morgan fingerprint density at radius 1 is 1.25 bits per heavy atom. The molecule has 5 nitrogen and oxygen atoms in total. The molecular weight excluding hydrogens is 230 g/mol. The molecule has 2 aliphatic rings. The van der Waals surface area contributed by atoms with Crippen LogP contribution in [0.3, 0.4) is 0 Å². The van der Waals surface area contributed by atoms with Gasteiger partial charge < -0.3 is 16.0 Å². The van der Waals surface area contributed by atoms with E-state index in [1.807, 2.05) is 0 Å². The van der Waals surface area contributed by atoms with E-state index < -0.39 is 0 Å². The molecule has 0 aliphatic carbocycles. The van der Waals surface area contributed by atoms with Gasteiger partial charge in [-0.3, -0.25) is 9.59 Å². The van der Waals surface area contributed by atoms with Crippen molar-refractivity contribution in [2.75, 3.05) is 13.1 Å². The average Bonchev–Trinajstić information content (AvgIpc) is 2.74. The predicted octanol–water partition coefficient (Wildman–Crippen LogP) is -0.445. The van der Waals surface area contributed by atoms with E-state index >= 15 is 0 Å². The Bertz CT molecular complexity index is 267. The Labute approximate surface area is 101 Å². The number of nitrogens with one attached hydrogen (secondary N) is 3. The first-order chi connectivity index (χ1) is 7.27. The van der Waals surface area contributed by atoms with E-state index in [0.29, 0.717) is 0 Å². The Morgan fingerprint density at radius 3 is 2.62 bits per heavy atom. The lowest BCUT2D eigenvalue weighted by Gasteiger charge is -2.24. The van der Waals surface area contributed by atoms with Gasteiger partial charge in [0, 0.05) is 6.54 Å². The fourth-order valence-electron chi connectivity index (χ4n) is 2.09. The maximum Gasteiger partial charge on any atom is 0.242 e. The molecule has 2 rings (SSSR count). The third-order valence-electron chi connectivity index (χ3n) is 2.98. The maximum absolute atomic E-state index is 11.7. The minimum Gasteiger partial charge on any atom is -0.354 e. The van der Waals surface area contributed by atoms with E-state index in [-0.39, 0.29) is 36.3 Å². The third kappa shape index (κ3) is 3.09. The second-order valence-corrected chi connectivity index (χ2v) is 4.14. The van der Waals surface area contributed by atoms with Gasteiger partial charge in [-0.2, -0.15) is 0 Å². The van der Waals surface area contributed by atoms with Gasteiger partial charge in [-0.05, 0) is 32.2 Å². The van der Waals surface area contributed by atoms with Crippen LogP contribution in [-0.2, 0) is 9.59 Å². The van der Waals surface area contributed by atoms with Gasteiger partial charge in [0.2, 0.25) is 11.8 Å². The molecule has 2 saturated heterocycles. The van der Waals surface area contributed by atoms with Crippen LogP contribution in [0.4, 0.5) is 0 Å². The first-order valence-electron chi connectivity index (χ1n) is 5.59. The van der Waals surface area contributed by atoms with E-state index in [1.54, 1.807) is 0 Å². The van der Waals surface area contributed by atoms with Crippen molar-refractivity contribution < 1.29 is 9.59 Å². The van der Waals surface area contributed by atoms with E-state index in [9.17, 15) is 9.59 Å². The van der Waals surface area contributed by atoms with Crippen LogP contribution in [-0.4, -0.2) is 37.0 Å². The van der Waals surface area contributed by atoms with Crippen LogP contribution in [0.2, 0.25) is 0 Å². The van der Waals surface area contributed by atoms with Crippen molar-refractivity contribution in [2.24, 2.45) is 0 Å². The van der Waals surface area contributed by atoms with E-state index in [0.717, 1.165) is 38.8 Å². The first-order valence-corrected chi connectivity index (χ1v) is 5.59. The van der Waals surface area contributed by atoms with Crippen LogP contribution in [0, 0.1) is 0 Å². The van der Waals surface area contributed by atoms with Gasteiger partial charge in [-0.25, -0.2) is 0 Å². The van der Waals surface area contributed by atoms with Crippen LogP contribution in [0.25, 0.3) is 0 Å². The Hall–Kier alpha value is -0.810. The number of halogens is 1. The van der Waals surface area contributed by atoms with Gasteiger partial charge in [0.05, 0.1) is 6.04 Å². The zero-order valence-corrected chi connectivity index (χ0v) is 9.94. The number of hydrogen-bond donors (Lipinski definition) is 3. The van der Waals surface area contributed by atoms with Crippen molar-refractivity contribution >= 4 is 24.2 Å². The molecule has 2 heterocycles. The minimum absolute atomic E-state index is 0. The number of rotatable bonds is 2. The maximum atomic E-state index is 11.7. The van der Waals surface area contributed by atoms with Gasteiger partial charge in [0.15, 0.2) is 0 Å². The first kappa shape index (κ1) is 13.3. The van der Waals surface area contributed by atoms with Crippen LogP contribution in [0.15, 0.2) is 0 Å². The molecule has 16 heavy (non-hydrogen) atoms. The Balaban J connectivity index is 0.00000128. The third-order valence-corrected chi connectivity index (χ3v) is 2.98. The number of hydrogen-bond acceptors (Lipinski definition) is 3. The molecular formula is C10H18ClN3O2. The molecule has 0 spiro atoms. The molecule has 2 fully saturated rings. The molecule has 2 atom stereocenters. The number of piperidine rings is 1. The molecule has 2 unspecified atom stereocenters. The van der Waals surface area contributed by atoms with Crippen molar-refractivity contribution in [3.05, 3.63) is 0 Å². The van der Waals surface area contributed by atoms with Gasteiger partial charge >= 0.3 is 0 Å². The largest absolute Gasteiger partial charge is 0.354 e. The summed E-state index contributed by atoms with van der Waals surface area (Å²) in [5.74, 6) is -0.0813. The number of amides is 2. The summed E-state index contributed by atoms with van der Waals surface area (Å²) in [5.41, 5.74) is 0. The second-order valence-electron chi connectivity index (χ2n) is 4.14. The molecule has 0 radical (unpaired) electrons. The lowest BCUT2D eigenvalue weighted by atomic mass is 10.1. The lowest BCUT2D eigenvalue weighted by molar-refractivity contribution is -0.130. The molecule has 0 aromatic carbocycles. The van der Waals surface area contributed by atoms with Gasteiger partial charge in [-0.1, -0.05) is 0 Å². The van der Waals surface area contributed by atoms with E-state index in [4.69, 9.17) is 0 Å². The molecule has 3 N–H and O–H groups in total. The lowest BCUT2D eigenvalue weighted by Crippen LogP contribution is -2.53. The molecule has 92 valence electrons. The van der Waals surface area contributed by atoms with Crippen molar-refractivity contribution in [1.82, 2.24) is 16.0 Å². The summed E-state index contributed by atoms with van der Waals surface area (Å²) in [5, 5.41) is 8.67. The molecule has 0 aromatic heterocycles. The summed E-state index contributed by atoms with van der Waals surface area (Å²) in [6.07, 6.45) is 3.61. The topological polar surface area (TPSA) is 70.2 Å². The smallest absolute Gasteiger partial charge is 0.242 e. The highest BCUT2D eigenvalue weighted by atomic mass is 35.5. The summed E-state index contributed by atoms with van der Waals surface area (Å²) in [7, 11) is 0. The van der Waals surface area contributed by atoms with Crippen molar-refractivity contribution in [3.8, 4) is 0 Å². The van der Waals surface area contributed by atoms with Gasteiger partial charge in [-0.15, -0.1) is 12.4 Å². The predicted molar refractivity (Wildman–Crippen MR) is 62.4 cm³/mol. The number of carbonyl (C=O) groups excluding carboxylic acids is 2. The molecule has 0 bridgehead atoms. The fraction of sp³-hybridized carbons (Fsp3) is 0.800. The zero-order chi connectivity index (χ0) is 10.7. The molecule has 0 saturated carbocycles. The normalized spacial score (nSPS) is 29.1. The molecule has 6 heteroatoms. The highest BCUT2D eigenvalue weighted by Crippen LogP contribution is 2.07. The quantitative estimate of drug-likeness (QED) is 0.619. The standard InChI is InChI=1S/C10H17N3O2.ClH/c14-9-8(4-2-6-12-9)13-10(15)7-3-1-5-11-7;/h7-8,11H,1-6H2,(H,12,14)(H,13,15);1H. The van der Waals surface area contributed by atoms with Crippen molar-refractivity contribution in [2.45, 2.75) is 37.8 Å². The van der Waals surface area contributed by atoms with Crippen molar-refractivity contribution in [1.29, 1.82) is 0 Å². The van der Waals surface area contributed by atoms with Crippen LogP contribution >= 0.6 is 12.4 Å². The van der Waals surface area contributed by atoms with Crippen LogP contribution < -0.4 is 16.0 Å². The summed E-state index contributed by atoms with van der Waals surface area (Å²) < 4.78 is 0. The average molecular weight is 248 g/mol. The van der Waals surface area contributed by atoms with Gasteiger partial charge in [0.25, 0.3) is 0 Å². The van der Waals surface area contributed by atoms with Crippen LogP contribution in [0.5, 0.6) is 0 Å². The summed E-state index contributed by atoms with van der Waals surface area (Å²) in [4.78, 5) is 23.1. The summed E-state index contributed by atoms with van der Waals surface area (Å²) in [6, 6.07) is -0.423. The number of carbonyl (C=O) groups is 2. The van der Waals surface area contributed by atoms with Crippen molar-refractivity contribution in [3.63, 3.8) is 0 Å². The Kier molecular flexibility index (Phi) is 5.02. The Morgan fingerprint density at radius 2 is 2.00 bits per heavy atom. The van der Waals surface area contributed by atoms with E-state index in [2.05, 4.69) is 16.0 Å². The fourth-order valence-corrected chi connectivity index (χ4v) is 2.09.